The highest BCUT2D eigenvalue weighted by Gasteiger charge is 2.37. The summed E-state index contributed by atoms with van der Waals surface area (Å²) in [6, 6.07) is -0.959. The number of carbonyl (C=O) groups is 3. The number of piperazine rings is 1. The van der Waals surface area contributed by atoms with Crippen molar-refractivity contribution in [2.45, 2.75) is 46.7 Å². The molecule has 0 aliphatic carbocycles. The molecular formula is C21H38N4O4. The van der Waals surface area contributed by atoms with Crippen LogP contribution in [0, 0.1) is 5.41 Å². The van der Waals surface area contributed by atoms with Crippen LogP contribution in [0.4, 0.5) is 0 Å². The molecule has 1 heterocycles. The van der Waals surface area contributed by atoms with Crippen molar-refractivity contribution < 1.29 is 19.1 Å². The molecule has 0 radical (unpaired) electrons. The van der Waals surface area contributed by atoms with Crippen LogP contribution in [-0.2, 0) is 19.1 Å². The molecule has 8 heteroatoms. The van der Waals surface area contributed by atoms with E-state index in [0.717, 1.165) is 13.1 Å². The molecule has 0 aromatic carbocycles. The van der Waals surface area contributed by atoms with Crippen LogP contribution in [0.25, 0.3) is 0 Å². The molecule has 2 amide bonds. The molecular weight excluding hydrogens is 372 g/mol. The SMILES string of the molecule is CCOC(=O)/C(C)=C/CN(C)C(=O)C(NC(=O)C1CN(C)CCN1C)C(C)(C)C. The molecule has 8 nitrogen and oxygen atoms in total. The fourth-order valence-electron chi connectivity index (χ4n) is 3.09. The van der Waals surface area contributed by atoms with Gasteiger partial charge in [0.05, 0.1) is 6.61 Å². The van der Waals surface area contributed by atoms with Crippen molar-refractivity contribution in [1.29, 1.82) is 0 Å². The number of hydrogen-bond donors (Lipinski definition) is 1. The highest BCUT2D eigenvalue weighted by atomic mass is 16.5. The molecule has 0 aromatic heterocycles. The normalized spacial score (nSPS) is 20.1. The Morgan fingerprint density at radius 2 is 1.86 bits per heavy atom. The van der Waals surface area contributed by atoms with Crippen LogP contribution < -0.4 is 5.32 Å². The Bertz CT molecular complexity index is 627. The molecule has 0 bridgehead atoms. The number of esters is 1. The zero-order valence-electron chi connectivity index (χ0n) is 19.2. The van der Waals surface area contributed by atoms with E-state index in [2.05, 4.69) is 10.2 Å². The van der Waals surface area contributed by atoms with Crippen LogP contribution >= 0.6 is 0 Å². The van der Waals surface area contributed by atoms with Crippen LogP contribution in [0.2, 0.25) is 0 Å². The van der Waals surface area contributed by atoms with Crippen LogP contribution in [-0.4, -0.2) is 98.5 Å². The molecule has 1 aliphatic heterocycles. The van der Waals surface area contributed by atoms with Gasteiger partial charge in [-0.15, -0.1) is 0 Å². The van der Waals surface area contributed by atoms with Crippen molar-refractivity contribution in [3.05, 3.63) is 11.6 Å². The number of carbonyl (C=O) groups excluding carboxylic acids is 3. The second-order valence-corrected chi connectivity index (χ2v) is 8.89. The van der Waals surface area contributed by atoms with E-state index < -0.39 is 17.4 Å². The number of nitrogens with zero attached hydrogens (tertiary/aromatic N) is 3. The Hall–Kier alpha value is -1.93. The van der Waals surface area contributed by atoms with Gasteiger partial charge in [0, 0.05) is 38.8 Å². The fourth-order valence-corrected chi connectivity index (χ4v) is 3.09. The summed E-state index contributed by atoms with van der Waals surface area (Å²) in [5.74, 6) is -0.719. The Balaban J connectivity index is 2.86. The number of amides is 2. The van der Waals surface area contributed by atoms with Gasteiger partial charge in [-0.05, 0) is 33.4 Å². The molecule has 2 atom stereocenters. The molecule has 0 saturated carbocycles. The Morgan fingerprint density at radius 1 is 1.24 bits per heavy atom. The van der Waals surface area contributed by atoms with Gasteiger partial charge in [-0.3, -0.25) is 14.5 Å². The van der Waals surface area contributed by atoms with E-state index >= 15 is 0 Å². The van der Waals surface area contributed by atoms with Crippen LogP contribution in [0.5, 0.6) is 0 Å². The number of ether oxygens (including phenoxy) is 1. The van der Waals surface area contributed by atoms with E-state index in [1.165, 1.54) is 4.90 Å². The first-order valence-electron chi connectivity index (χ1n) is 10.2. The maximum atomic E-state index is 13.1. The van der Waals surface area contributed by atoms with Crippen LogP contribution in [0.1, 0.15) is 34.6 Å². The van der Waals surface area contributed by atoms with Crippen molar-refractivity contribution in [2.75, 3.05) is 53.9 Å². The predicted molar refractivity (Wildman–Crippen MR) is 113 cm³/mol. The van der Waals surface area contributed by atoms with Gasteiger partial charge in [0.2, 0.25) is 11.8 Å². The maximum Gasteiger partial charge on any atom is 0.333 e. The van der Waals surface area contributed by atoms with Gasteiger partial charge in [0.1, 0.15) is 12.1 Å². The summed E-state index contributed by atoms with van der Waals surface area (Å²) in [5, 5.41) is 2.98. The summed E-state index contributed by atoms with van der Waals surface area (Å²) in [6.45, 7) is 12.1. The Kier molecular flexibility index (Phi) is 9.29. The standard InChI is InChI=1S/C21H38N4O4/c1-9-29-20(28)15(2)10-11-25(8)19(27)17(21(3,4)5)22-18(26)16-14-23(6)12-13-24(16)7/h10,16-17H,9,11-14H2,1-8H3,(H,22,26)/b15-10+. The van der Waals surface area contributed by atoms with Crippen molar-refractivity contribution >= 4 is 17.8 Å². The van der Waals surface area contributed by atoms with Gasteiger partial charge in [-0.1, -0.05) is 26.8 Å². The van der Waals surface area contributed by atoms with E-state index in [1.807, 2.05) is 39.8 Å². The van der Waals surface area contributed by atoms with E-state index in [-0.39, 0.29) is 24.4 Å². The van der Waals surface area contributed by atoms with E-state index in [9.17, 15) is 14.4 Å². The third-order valence-corrected chi connectivity index (χ3v) is 5.20. The summed E-state index contributed by atoms with van der Waals surface area (Å²) in [4.78, 5) is 43.4. The quantitative estimate of drug-likeness (QED) is 0.492. The zero-order chi connectivity index (χ0) is 22.4. The first-order valence-corrected chi connectivity index (χ1v) is 10.2. The molecule has 2 unspecified atom stereocenters. The van der Waals surface area contributed by atoms with Gasteiger partial charge in [-0.2, -0.15) is 0 Å². The average molecular weight is 411 g/mol. The Morgan fingerprint density at radius 3 is 2.41 bits per heavy atom. The maximum absolute atomic E-state index is 13.1. The topological polar surface area (TPSA) is 82.2 Å². The second-order valence-electron chi connectivity index (χ2n) is 8.89. The van der Waals surface area contributed by atoms with Gasteiger partial charge < -0.3 is 19.9 Å². The van der Waals surface area contributed by atoms with Crippen molar-refractivity contribution in [1.82, 2.24) is 20.0 Å². The number of rotatable bonds is 7. The lowest BCUT2D eigenvalue weighted by Gasteiger charge is -2.39. The fraction of sp³-hybridized carbons (Fsp3) is 0.762. The Labute approximate surface area is 175 Å². The molecule has 1 saturated heterocycles. The van der Waals surface area contributed by atoms with Crippen LogP contribution in [0.15, 0.2) is 11.6 Å². The number of likely N-dealkylation sites (N-methyl/N-ethyl adjacent to an activating group) is 3. The first-order chi connectivity index (χ1) is 13.4. The van der Waals surface area contributed by atoms with Crippen molar-refractivity contribution in [3.8, 4) is 0 Å². The summed E-state index contributed by atoms with van der Waals surface area (Å²) in [5.41, 5.74) is -0.00485. The lowest BCUT2D eigenvalue weighted by molar-refractivity contribution is -0.140. The molecule has 0 spiro atoms. The molecule has 166 valence electrons. The molecule has 1 N–H and O–H groups in total. The third-order valence-electron chi connectivity index (χ3n) is 5.20. The molecule has 1 aliphatic rings. The molecule has 29 heavy (non-hydrogen) atoms. The number of nitrogens with one attached hydrogen (secondary N) is 1. The monoisotopic (exact) mass is 410 g/mol. The summed E-state index contributed by atoms with van der Waals surface area (Å²) >= 11 is 0. The van der Waals surface area contributed by atoms with Gasteiger partial charge in [0.25, 0.3) is 0 Å². The lowest BCUT2D eigenvalue weighted by Crippen LogP contribution is -2.61. The van der Waals surface area contributed by atoms with Crippen molar-refractivity contribution in [2.24, 2.45) is 5.41 Å². The minimum atomic E-state index is -0.670. The second kappa shape index (κ2) is 10.7. The largest absolute Gasteiger partial charge is 0.463 e. The van der Waals surface area contributed by atoms with Crippen LogP contribution in [0.3, 0.4) is 0 Å². The smallest absolute Gasteiger partial charge is 0.333 e. The highest BCUT2D eigenvalue weighted by molar-refractivity contribution is 5.91. The van der Waals surface area contributed by atoms with Gasteiger partial charge in [0.15, 0.2) is 0 Å². The van der Waals surface area contributed by atoms with E-state index in [0.29, 0.717) is 18.7 Å². The minimum Gasteiger partial charge on any atom is -0.463 e. The molecule has 0 aromatic rings. The number of hydrogen-bond acceptors (Lipinski definition) is 6. The first kappa shape index (κ1) is 25.1. The average Bonchev–Trinajstić information content (AvgIpc) is 2.64. The summed E-state index contributed by atoms with van der Waals surface area (Å²) < 4.78 is 4.96. The van der Waals surface area contributed by atoms with E-state index in [1.54, 1.807) is 27.0 Å². The van der Waals surface area contributed by atoms with Gasteiger partial charge in [-0.25, -0.2) is 4.79 Å². The minimum absolute atomic E-state index is 0.140. The van der Waals surface area contributed by atoms with Gasteiger partial charge >= 0.3 is 5.97 Å². The highest BCUT2D eigenvalue weighted by Crippen LogP contribution is 2.22. The predicted octanol–water partition coefficient (Wildman–Crippen LogP) is 0.731. The summed E-state index contributed by atoms with van der Waals surface area (Å²) in [6.07, 6.45) is 1.67. The molecule has 1 fully saturated rings. The van der Waals surface area contributed by atoms with Crippen molar-refractivity contribution in [3.63, 3.8) is 0 Å². The van der Waals surface area contributed by atoms with E-state index in [4.69, 9.17) is 4.74 Å². The zero-order valence-corrected chi connectivity index (χ0v) is 19.2. The summed E-state index contributed by atoms with van der Waals surface area (Å²) in [7, 11) is 5.59. The lowest BCUT2D eigenvalue weighted by atomic mass is 9.85. The third kappa shape index (κ3) is 7.44. The molecule has 1 rings (SSSR count).